The molecular formula is C18H20FN3. The summed E-state index contributed by atoms with van der Waals surface area (Å²) < 4.78 is 14.3. The first-order valence-corrected chi connectivity index (χ1v) is 7.79. The Bertz CT molecular complexity index is 784. The van der Waals surface area contributed by atoms with E-state index < -0.39 is 0 Å². The molecule has 2 aliphatic carbocycles. The minimum absolute atomic E-state index is 0.00985. The molecule has 1 saturated carbocycles. The van der Waals surface area contributed by atoms with Gasteiger partial charge in [0, 0.05) is 16.5 Å². The minimum Gasteiger partial charge on any atom is -0.368 e. The van der Waals surface area contributed by atoms with E-state index in [1.54, 1.807) is 12.1 Å². The highest BCUT2D eigenvalue weighted by atomic mass is 19.1. The van der Waals surface area contributed by atoms with Crippen molar-refractivity contribution in [3.8, 4) is 11.3 Å². The molecule has 2 aliphatic rings. The lowest BCUT2D eigenvalue weighted by Crippen LogP contribution is -2.32. The zero-order valence-electron chi connectivity index (χ0n) is 13.2. The number of benzene rings is 1. The van der Waals surface area contributed by atoms with E-state index >= 15 is 0 Å². The Balaban J connectivity index is 2.05. The Morgan fingerprint density at radius 1 is 1.18 bits per heavy atom. The fourth-order valence-corrected chi connectivity index (χ4v) is 4.53. The average molecular weight is 297 g/mol. The molecule has 0 aliphatic heterocycles. The van der Waals surface area contributed by atoms with Crippen LogP contribution in [0.2, 0.25) is 0 Å². The summed E-state index contributed by atoms with van der Waals surface area (Å²) in [5, 5.41) is 0. The number of hydrogen-bond acceptors (Lipinski definition) is 3. The van der Waals surface area contributed by atoms with E-state index in [1.807, 2.05) is 6.07 Å². The summed E-state index contributed by atoms with van der Waals surface area (Å²) in [5.41, 5.74) is 9.39. The van der Waals surface area contributed by atoms with Crippen molar-refractivity contribution in [2.24, 2.45) is 5.41 Å². The Labute approximate surface area is 129 Å². The van der Waals surface area contributed by atoms with Crippen molar-refractivity contribution in [3.05, 3.63) is 41.3 Å². The van der Waals surface area contributed by atoms with E-state index in [2.05, 4.69) is 30.7 Å². The molecule has 2 bridgehead atoms. The second kappa shape index (κ2) is 4.06. The van der Waals surface area contributed by atoms with E-state index in [1.165, 1.54) is 6.07 Å². The van der Waals surface area contributed by atoms with Crippen LogP contribution < -0.4 is 5.73 Å². The first-order chi connectivity index (χ1) is 10.4. The number of rotatable bonds is 1. The number of fused-ring (bicyclic) bond motifs is 5. The summed E-state index contributed by atoms with van der Waals surface area (Å²) in [4.78, 5) is 8.98. The first kappa shape index (κ1) is 13.7. The molecular weight excluding hydrogens is 277 g/mol. The maximum Gasteiger partial charge on any atom is 0.220 e. The maximum atomic E-state index is 14.3. The third kappa shape index (κ3) is 1.45. The second-order valence-electron chi connectivity index (χ2n) is 7.32. The molecule has 1 heterocycles. The van der Waals surface area contributed by atoms with E-state index in [9.17, 15) is 4.39 Å². The van der Waals surface area contributed by atoms with Gasteiger partial charge in [0.25, 0.3) is 0 Å². The molecule has 2 atom stereocenters. The number of aromatic nitrogens is 2. The SMILES string of the molecule is CC12CCC(c3c(-c4ccccc4F)nc(N)nc31)C2(C)C. The van der Waals surface area contributed by atoms with Crippen molar-refractivity contribution in [3.63, 3.8) is 0 Å². The van der Waals surface area contributed by atoms with E-state index in [0.717, 1.165) is 24.1 Å². The van der Waals surface area contributed by atoms with Gasteiger partial charge in [0.1, 0.15) is 5.82 Å². The van der Waals surface area contributed by atoms with Gasteiger partial charge < -0.3 is 5.73 Å². The van der Waals surface area contributed by atoms with Gasteiger partial charge in [-0.3, -0.25) is 0 Å². The topological polar surface area (TPSA) is 51.8 Å². The summed E-state index contributed by atoms with van der Waals surface area (Å²) in [5.74, 6) is 0.345. The molecule has 2 aromatic rings. The first-order valence-electron chi connectivity index (χ1n) is 7.79. The molecule has 0 spiro atoms. The summed E-state index contributed by atoms with van der Waals surface area (Å²) in [7, 11) is 0. The minimum atomic E-state index is -0.256. The third-order valence-electron chi connectivity index (χ3n) is 6.19. The Kier molecular flexibility index (Phi) is 2.52. The molecule has 3 nitrogen and oxygen atoms in total. The largest absolute Gasteiger partial charge is 0.368 e. The molecule has 0 amide bonds. The highest BCUT2D eigenvalue weighted by molar-refractivity contribution is 5.70. The Morgan fingerprint density at radius 2 is 1.91 bits per heavy atom. The highest BCUT2D eigenvalue weighted by Gasteiger charge is 2.61. The maximum absolute atomic E-state index is 14.3. The van der Waals surface area contributed by atoms with Crippen molar-refractivity contribution in [1.29, 1.82) is 0 Å². The van der Waals surface area contributed by atoms with Gasteiger partial charge in [-0.25, -0.2) is 14.4 Å². The lowest BCUT2D eigenvalue weighted by Gasteiger charge is -2.34. The zero-order chi connectivity index (χ0) is 15.7. The molecule has 1 fully saturated rings. The van der Waals surface area contributed by atoms with E-state index in [0.29, 0.717) is 17.2 Å². The van der Waals surface area contributed by atoms with Crippen LogP contribution >= 0.6 is 0 Å². The van der Waals surface area contributed by atoms with Crippen molar-refractivity contribution in [2.75, 3.05) is 5.73 Å². The molecule has 0 radical (unpaired) electrons. The number of nitrogens with zero attached hydrogens (tertiary/aromatic N) is 2. The fourth-order valence-electron chi connectivity index (χ4n) is 4.53. The molecule has 4 rings (SSSR count). The summed E-state index contributed by atoms with van der Waals surface area (Å²) in [6.07, 6.45) is 2.20. The van der Waals surface area contributed by atoms with Crippen LogP contribution in [0, 0.1) is 11.2 Å². The number of nitrogens with two attached hydrogens (primary N) is 1. The predicted octanol–water partition coefficient (Wildman–Crippen LogP) is 4.04. The lowest BCUT2D eigenvalue weighted by atomic mass is 9.70. The van der Waals surface area contributed by atoms with Gasteiger partial charge in [0.15, 0.2) is 0 Å². The van der Waals surface area contributed by atoms with E-state index in [-0.39, 0.29) is 22.6 Å². The van der Waals surface area contributed by atoms with Gasteiger partial charge in [0.2, 0.25) is 5.95 Å². The van der Waals surface area contributed by atoms with Crippen molar-refractivity contribution >= 4 is 5.95 Å². The van der Waals surface area contributed by atoms with Gasteiger partial charge in [-0.05, 0) is 36.3 Å². The van der Waals surface area contributed by atoms with Crippen LogP contribution in [0.5, 0.6) is 0 Å². The van der Waals surface area contributed by atoms with Crippen LogP contribution in [0.4, 0.5) is 10.3 Å². The van der Waals surface area contributed by atoms with Crippen molar-refractivity contribution < 1.29 is 4.39 Å². The third-order valence-corrected chi connectivity index (χ3v) is 6.19. The second-order valence-corrected chi connectivity index (χ2v) is 7.32. The molecule has 2 N–H and O–H groups in total. The van der Waals surface area contributed by atoms with Gasteiger partial charge in [0.05, 0.1) is 11.4 Å². The van der Waals surface area contributed by atoms with Crippen molar-refractivity contribution in [1.82, 2.24) is 9.97 Å². The van der Waals surface area contributed by atoms with E-state index in [4.69, 9.17) is 5.73 Å². The van der Waals surface area contributed by atoms with Gasteiger partial charge in [-0.15, -0.1) is 0 Å². The Hall–Kier alpha value is -1.97. The van der Waals surface area contributed by atoms with Crippen LogP contribution in [0.3, 0.4) is 0 Å². The standard InChI is InChI=1S/C18H20FN3/c1-17(2)11-8-9-18(17,3)15-13(11)14(21-16(20)22-15)10-6-4-5-7-12(10)19/h4-7,11H,8-9H2,1-3H3,(H2,20,21,22). The van der Waals surface area contributed by atoms with Crippen LogP contribution in [0.15, 0.2) is 24.3 Å². The molecule has 1 aromatic carbocycles. The number of hydrogen-bond donors (Lipinski definition) is 1. The number of anilines is 1. The normalized spacial score (nSPS) is 27.9. The molecule has 114 valence electrons. The average Bonchev–Trinajstić information content (AvgIpc) is 2.79. The monoisotopic (exact) mass is 297 g/mol. The van der Waals surface area contributed by atoms with Gasteiger partial charge >= 0.3 is 0 Å². The smallest absolute Gasteiger partial charge is 0.220 e. The quantitative estimate of drug-likeness (QED) is 0.864. The van der Waals surface area contributed by atoms with Crippen LogP contribution in [0.1, 0.15) is 50.8 Å². The molecule has 22 heavy (non-hydrogen) atoms. The zero-order valence-corrected chi connectivity index (χ0v) is 13.2. The van der Waals surface area contributed by atoms with Gasteiger partial charge in [-0.1, -0.05) is 32.9 Å². The summed E-state index contributed by atoms with van der Waals surface area (Å²) in [6, 6.07) is 6.78. The lowest BCUT2D eigenvalue weighted by molar-refractivity contribution is 0.227. The summed E-state index contributed by atoms with van der Waals surface area (Å²) in [6.45, 7) is 6.83. The summed E-state index contributed by atoms with van der Waals surface area (Å²) >= 11 is 0. The van der Waals surface area contributed by atoms with Crippen LogP contribution in [0.25, 0.3) is 11.3 Å². The predicted molar refractivity (Wildman–Crippen MR) is 84.9 cm³/mol. The number of nitrogen functional groups attached to an aromatic ring is 1. The molecule has 1 aromatic heterocycles. The number of halogens is 1. The van der Waals surface area contributed by atoms with Crippen LogP contribution in [-0.4, -0.2) is 9.97 Å². The van der Waals surface area contributed by atoms with Gasteiger partial charge in [-0.2, -0.15) is 0 Å². The molecule has 4 heteroatoms. The Morgan fingerprint density at radius 3 is 2.64 bits per heavy atom. The van der Waals surface area contributed by atoms with Crippen molar-refractivity contribution in [2.45, 2.75) is 44.9 Å². The van der Waals surface area contributed by atoms with Crippen LogP contribution in [-0.2, 0) is 5.41 Å². The highest BCUT2D eigenvalue weighted by Crippen LogP contribution is 2.68. The fraction of sp³-hybridized carbons (Fsp3) is 0.444. The molecule has 2 unspecified atom stereocenters. The molecule has 0 saturated heterocycles.